The molecular weight excluding hydrogens is 481 g/mol. The number of rotatable bonds is 9. The van der Waals surface area contributed by atoms with Gasteiger partial charge in [-0.3, -0.25) is 13.9 Å². The Kier molecular flexibility index (Phi) is 8.47. The van der Waals surface area contributed by atoms with E-state index in [-0.39, 0.29) is 11.4 Å². The van der Waals surface area contributed by atoms with Gasteiger partial charge in [0.2, 0.25) is 11.8 Å². The minimum Gasteiger partial charge on any atom is -0.357 e. The van der Waals surface area contributed by atoms with Crippen molar-refractivity contribution in [3.63, 3.8) is 0 Å². The van der Waals surface area contributed by atoms with Gasteiger partial charge >= 0.3 is 0 Å². The number of halogens is 1. The van der Waals surface area contributed by atoms with E-state index in [0.29, 0.717) is 11.3 Å². The first-order chi connectivity index (χ1) is 17.0. The van der Waals surface area contributed by atoms with Crippen LogP contribution in [-0.2, 0) is 26.2 Å². The maximum atomic E-state index is 13.7. The van der Waals surface area contributed by atoms with Crippen LogP contribution >= 0.6 is 0 Å². The molecule has 7 nitrogen and oxygen atoms in total. The number of nitrogens with zero attached hydrogens (tertiary/aromatic N) is 2. The van der Waals surface area contributed by atoms with Crippen molar-refractivity contribution in [1.82, 2.24) is 10.2 Å². The van der Waals surface area contributed by atoms with Crippen LogP contribution in [0.25, 0.3) is 0 Å². The van der Waals surface area contributed by atoms with Gasteiger partial charge in [-0.1, -0.05) is 42.0 Å². The van der Waals surface area contributed by atoms with Gasteiger partial charge in [-0.2, -0.15) is 0 Å². The van der Waals surface area contributed by atoms with Crippen molar-refractivity contribution in [2.45, 2.75) is 38.3 Å². The normalized spacial score (nSPS) is 12.0. The highest BCUT2D eigenvalue weighted by Crippen LogP contribution is 2.25. The Morgan fingerprint density at radius 1 is 0.944 bits per heavy atom. The van der Waals surface area contributed by atoms with Gasteiger partial charge in [-0.05, 0) is 68.3 Å². The number of likely N-dealkylation sites (N-methyl/N-ethyl adjacent to an activating group) is 1. The Morgan fingerprint density at radius 3 is 2.17 bits per heavy atom. The van der Waals surface area contributed by atoms with E-state index in [1.807, 2.05) is 19.9 Å². The van der Waals surface area contributed by atoms with E-state index in [2.05, 4.69) is 5.32 Å². The molecular formula is C27H30FN3O4S. The van der Waals surface area contributed by atoms with Crippen LogP contribution in [0.2, 0.25) is 0 Å². The summed E-state index contributed by atoms with van der Waals surface area (Å²) in [4.78, 5) is 27.4. The Morgan fingerprint density at radius 2 is 1.58 bits per heavy atom. The van der Waals surface area contributed by atoms with E-state index in [9.17, 15) is 22.4 Å². The molecule has 9 heteroatoms. The van der Waals surface area contributed by atoms with Gasteiger partial charge in [0.15, 0.2) is 0 Å². The molecule has 0 radical (unpaired) electrons. The van der Waals surface area contributed by atoms with Crippen molar-refractivity contribution in [3.8, 4) is 0 Å². The Balaban J connectivity index is 2.02. The zero-order valence-electron chi connectivity index (χ0n) is 20.7. The lowest BCUT2D eigenvalue weighted by Crippen LogP contribution is -2.50. The first-order valence-electron chi connectivity index (χ1n) is 11.4. The zero-order valence-corrected chi connectivity index (χ0v) is 21.5. The minimum absolute atomic E-state index is 0.0000627. The zero-order chi connectivity index (χ0) is 26.5. The highest BCUT2D eigenvalue weighted by Gasteiger charge is 2.32. The van der Waals surface area contributed by atoms with Gasteiger partial charge in [0.25, 0.3) is 10.0 Å². The third kappa shape index (κ3) is 6.28. The second-order valence-electron chi connectivity index (χ2n) is 8.60. The van der Waals surface area contributed by atoms with Crippen LogP contribution < -0.4 is 9.62 Å². The standard InChI is InChI=1S/C27H30FN3O4S/c1-19-8-14-25(15-9-19)36(34,35)31(24-7-5-6-20(2)16-24)18-26(32)30(21(3)27(33)29-4)17-22-10-12-23(28)13-11-22/h5-16,21H,17-18H2,1-4H3,(H,29,33). The number of carbonyl (C=O) groups excluding carboxylic acids is 2. The fraction of sp³-hybridized carbons (Fsp3) is 0.259. The molecule has 1 N–H and O–H groups in total. The van der Waals surface area contributed by atoms with Crippen LogP contribution in [0.5, 0.6) is 0 Å². The fourth-order valence-electron chi connectivity index (χ4n) is 3.73. The first-order valence-corrected chi connectivity index (χ1v) is 12.9. The summed E-state index contributed by atoms with van der Waals surface area (Å²) in [7, 11) is -2.65. The quantitative estimate of drug-likeness (QED) is 0.474. The smallest absolute Gasteiger partial charge is 0.264 e. The molecule has 0 bridgehead atoms. The summed E-state index contributed by atoms with van der Waals surface area (Å²) in [6.07, 6.45) is 0. The molecule has 0 aliphatic carbocycles. The maximum Gasteiger partial charge on any atom is 0.264 e. The predicted molar refractivity (Wildman–Crippen MR) is 137 cm³/mol. The summed E-state index contributed by atoms with van der Waals surface area (Å²) >= 11 is 0. The van der Waals surface area contributed by atoms with Crippen LogP contribution in [0.3, 0.4) is 0 Å². The van der Waals surface area contributed by atoms with Crippen LogP contribution in [0.15, 0.2) is 77.7 Å². The summed E-state index contributed by atoms with van der Waals surface area (Å²) in [6, 6.07) is 17.9. The molecule has 0 saturated carbocycles. The lowest BCUT2D eigenvalue weighted by Gasteiger charge is -2.32. The van der Waals surface area contributed by atoms with Crippen molar-refractivity contribution < 1.29 is 22.4 Å². The van der Waals surface area contributed by atoms with Gasteiger partial charge in [-0.25, -0.2) is 12.8 Å². The van der Waals surface area contributed by atoms with E-state index >= 15 is 0 Å². The largest absolute Gasteiger partial charge is 0.357 e. The molecule has 0 fully saturated rings. The number of hydrogen-bond acceptors (Lipinski definition) is 4. The molecule has 1 atom stereocenters. The summed E-state index contributed by atoms with van der Waals surface area (Å²) in [5.41, 5.74) is 2.66. The van der Waals surface area contributed by atoms with Crippen LogP contribution in [-0.4, -0.2) is 44.8 Å². The summed E-state index contributed by atoms with van der Waals surface area (Å²) in [5, 5.41) is 2.52. The average molecular weight is 512 g/mol. The SMILES string of the molecule is CNC(=O)C(C)N(Cc1ccc(F)cc1)C(=O)CN(c1cccc(C)c1)S(=O)(=O)c1ccc(C)cc1. The summed E-state index contributed by atoms with van der Waals surface area (Å²) in [6.45, 7) is 4.72. The number of benzene rings is 3. The molecule has 0 spiro atoms. The monoisotopic (exact) mass is 511 g/mol. The van der Waals surface area contributed by atoms with E-state index < -0.39 is 40.2 Å². The molecule has 0 heterocycles. The van der Waals surface area contributed by atoms with Gasteiger partial charge in [0.1, 0.15) is 18.4 Å². The molecule has 1 unspecified atom stereocenters. The minimum atomic E-state index is -4.11. The molecule has 0 aliphatic rings. The van der Waals surface area contributed by atoms with Gasteiger partial charge in [0, 0.05) is 13.6 Å². The van der Waals surface area contributed by atoms with Crippen LogP contribution in [0.1, 0.15) is 23.6 Å². The third-order valence-corrected chi connectivity index (χ3v) is 7.65. The number of aryl methyl sites for hydroxylation is 2. The maximum absolute atomic E-state index is 13.7. The molecule has 3 aromatic carbocycles. The van der Waals surface area contributed by atoms with E-state index in [1.165, 1.54) is 48.3 Å². The average Bonchev–Trinajstić information content (AvgIpc) is 2.86. The number of hydrogen-bond donors (Lipinski definition) is 1. The van der Waals surface area contributed by atoms with Crippen LogP contribution in [0.4, 0.5) is 10.1 Å². The van der Waals surface area contributed by atoms with Crippen molar-refractivity contribution in [2.24, 2.45) is 0 Å². The molecule has 0 saturated heterocycles. The third-order valence-electron chi connectivity index (χ3n) is 5.86. The van der Waals surface area contributed by atoms with Crippen molar-refractivity contribution in [2.75, 3.05) is 17.9 Å². The van der Waals surface area contributed by atoms with E-state index in [0.717, 1.165) is 15.4 Å². The van der Waals surface area contributed by atoms with E-state index in [4.69, 9.17) is 0 Å². The lowest BCUT2D eigenvalue weighted by atomic mass is 10.1. The Hall–Kier alpha value is -3.72. The molecule has 3 rings (SSSR count). The molecule has 36 heavy (non-hydrogen) atoms. The molecule has 2 amide bonds. The van der Waals surface area contributed by atoms with Crippen molar-refractivity contribution in [3.05, 3.63) is 95.3 Å². The number of sulfonamides is 1. The number of amides is 2. The number of anilines is 1. The van der Waals surface area contributed by atoms with Gasteiger partial charge in [-0.15, -0.1) is 0 Å². The van der Waals surface area contributed by atoms with Crippen molar-refractivity contribution in [1.29, 1.82) is 0 Å². The Bertz CT molecular complexity index is 1330. The molecule has 0 aromatic heterocycles. The summed E-state index contributed by atoms with van der Waals surface area (Å²) in [5.74, 6) is -1.41. The highest BCUT2D eigenvalue weighted by molar-refractivity contribution is 7.92. The molecule has 190 valence electrons. The van der Waals surface area contributed by atoms with Crippen LogP contribution in [0, 0.1) is 19.7 Å². The van der Waals surface area contributed by atoms with E-state index in [1.54, 1.807) is 37.3 Å². The fourth-order valence-corrected chi connectivity index (χ4v) is 5.13. The topological polar surface area (TPSA) is 86.8 Å². The first kappa shape index (κ1) is 26.9. The number of nitrogens with one attached hydrogen (secondary N) is 1. The molecule has 3 aromatic rings. The Labute approximate surface area is 211 Å². The van der Waals surface area contributed by atoms with Gasteiger partial charge < -0.3 is 10.2 Å². The summed E-state index contributed by atoms with van der Waals surface area (Å²) < 4.78 is 41.9. The highest BCUT2D eigenvalue weighted by atomic mass is 32.2. The second kappa shape index (κ2) is 11.3. The second-order valence-corrected chi connectivity index (χ2v) is 10.5. The molecule has 0 aliphatic heterocycles. The number of carbonyl (C=O) groups is 2. The lowest BCUT2D eigenvalue weighted by molar-refractivity contribution is -0.139. The van der Waals surface area contributed by atoms with Gasteiger partial charge in [0.05, 0.1) is 10.6 Å². The predicted octanol–water partition coefficient (Wildman–Crippen LogP) is 3.80. The van der Waals surface area contributed by atoms with Crippen molar-refractivity contribution >= 4 is 27.5 Å².